The lowest BCUT2D eigenvalue weighted by molar-refractivity contribution is -0.133. The summed E-state index contributed by atoms with van der Waals surface area (Å²) >= 11 is 6.15. The van der Waals surface area contributed by atoms with Crippen LogP contribution in [0, 0.1) is 13.8 Å². The van der Waals surface area contributed by atoms with E-state index >= 15 is 0 Å². The molecule has 1 aliphatic rings. The molecule has 1 amide bonds. The van der Waals surface area contributed by atoms with Gasteiger partial charge in [0.15, 0.2) is 6.61 Å². The summed E-state index contributed by atoms with van der Waals surface area (Å²) in [6.07, 6.45) is 0. The summed E-state index contributed by atoms with van der Waals surface area (Å²) in [7, 11) is -3.72. The SMILES string of the molecule is Cc1ccc(NS(=O)(=O)c2ccc(OCC(=O)N3CCN(c4cc(Cl)ccc4C)CC3)cc2)cc1. The van der Waals surface area contributed by atoms with Gasteiger partial charge in [-0.05, 0) is 67.9 Å². The van der Waals surface area contributed by atoms with Crippen molar-refractivity contribution in [2.45, 2.75) is 18.7 Å². The molecule has 0 saturated carbocycles. The van der Waals surface area contributed by atoms with Crippen molar-refractivity contribution < 1.29 is 17.9 Å². The number of aryl methyl sites for hydroxylation is 2. The number of piperazine rings is 1. The predicted molar refractivity (Wildman–Crippen MR) is 139 cm³/mol. The van der Waals surface area contributed by atoms with Crippen molar-refractivity contribution in [2.75, 3.05) is 42.4 Å². The van der Waals surface area contributed by atoms with Gasteiger partial charge in [-0.3, -0.25) is 9.52 Å². The molecule has 35 heavy (non-hydrogen) atoms. The van der Waals surface area contributed by atoms with E-state index in [-0.39, 0.29) is 17.4 Å². The molecule has 3 aromatic rings. The molecule has 4 rings (SSSR count). The number of benzene rings is 3. The molecule has 1 fully saturated rings. The second-order valence-electron chi connectivity index (χ2n) is 8.53. The first-order chi connectivity index (χ1) is 16.7. The molecule has 9 heteroatoms. The molecule has 7 nitrogen and oxygen atoms in total. The molecule has 1 N–H and O–H groups in total. The molecular formula is C26H28ClN3O4S. The van der Waals surface area contributed by atoms with Crippen LogP contribution in [0.25, 0.3) is 0 Å². The second-order valence-corrected chi connectivity index (χ2v) is 10.6. The number of halogens is 1. The quantitative estimate of drug-likeness (QED) is 0.503. The number of anilines is 2. The number of hydrogen-bond donors (Lipinski definition) is 1. The number of rotatable bonds is 7. The Morgan fingerprint density at radius 3 is 2.26 bits per heavy atom. The Bertz CT molecular complexity index is 1290. The zero-order valence-electron chi connectivity index (χ0n) is 19.7. The van der Waals surface area contributed by atoms with E-state index in [1.165, 1.54) is 12.1 Å². The summed E-state index contributed by atoms with van der Waals surface area (Å²) in [4.78, 5) is 16.8. The first-order valence-electron chi connectivity index (χ1n) is 11.3. The number of hydrogen-bond acceptors (Lipinski definition) is 5. The lowest BCUT2D eigenvalue weighted by Crippen LogP contribution is -2.50. The van der Waals surface area contributed by atoms with Gasteiger partial charge in [-0.25, -0.2) is 8.42 Å². The van der Waals surface area contributed by atoms with Crippen LogP contribution in [0.2, 0.25) is 5.02 Å². The van der Waals surface area contributed by atoms with Gasteiger partial charge in [-0.2, -0.15) is 0 Å². The van der Waals surface area contributed by atoms with Crippen LogP contribution in [0.5, 0.6) is 5.75 Å². The highest BCUT2D eigenvalue weighted by Crippen LogP contribution is 2.25. The zero-order chi connectivity index (χ0) is 25.0. The summed E-state index contributed by atoms with van der Waals surface area (Å²) in [5.74, 6) is 0.325. The van der Waals surface area contributed by atoms with Gasteiger partial charge in [0.2, 0.25) is 0 Å². The minimum atomic E-state index is -3.72. The van der Waals surface area contributed by atoms with Crippen molar-refractivity contribution in [1.82, 2.24) is 4.90 Å². The van der Waals surface area contributed by atoms with Gasteiger partial charge in [0, 0.05) is 42.6 Å². The molecule has 0 atom stereocenters. The molecule has 0 unspecified atom stereocenters. The number of nitrogens with zero attached hydrogens (tertiary/aromatic N) is 2. The van der Waals surface area contributed by atoms with E-state index in [1.54, 1.807) is 29.2 Å². The number of amides is 1. The summed E-state index contributed by atoms with van der Waals surface area (Å²) in [5, 5.41) is 0.697. The molecule has 0 bridgehead atoms. The van der Waals surface area contributed by atoms with E-state index in [2.05, 4.69) is 9.62 Å². The Labute approximate surface area is 211 Å². The maximum atomic E-state index is 12.6. The highest BCUT2D eigenvalue weighted by atomic mass is 35.5. The van der Waals surface area contributed by atoms with Crippen LogP contribution in [0.4, 0.5) is 11.4 Å². The first kappa shape index (κ1) is 24.9. The number of ether oxygens (including phenoxy) is 1. The molecular weight excluding hydrogens is 486 g/mol. The Morgan fingerprint density at radius 1 is 0.943 bits per heavy atom. The molecule has 1 aliphatic heterocycles. The molecule has 0 radical (unpaired) electrons. The normalized spacial score (nSPS) is 14.0. The average Bonchev–Trinajstić information content (AvgIpc) is 2.86. The van der Waals surface area contributed by atoms with Gasteiger partial charge in [-0.1, -0.05) is 35.4 Å². The fourth-order valence-corrected chi connectivity index (χ4v) is 5.13. The van der Waals surface area contributed by atoms with Gasteiger partial charge < -0.3 is 14.5 Å². The van der Waals surface area contributed by atoms with E-state index < -0.39 is 10.0 Å². The maximum absolute atomic E-state index is 12.6. The molecule has 3 aromatic carbocycles. The highest BCUT2D eigenvalue weighted by Gasteiger charge is 2.23. The van der Waals surface area contributed by atoms with E-state index in [4.69, 9.17) is 16.3 Å². The van der Waals surface area contributed by atoms with Crippen LogP contribution < -0.4 is 14.4 Å². The summed E-state index contributed by atoms with van der Waals surface area (Å²) < 4.78 is 33.4. The lowest BCUT2D eigenvalue weighted by Gasteiger charge is -2.36. The summed E-state index contributed by atoms with van der Waals surface area (Å²) in [6, 6.07) is 19.0. The van der Waals surface area contributed by atoms with E-state index in [1.807, 2.05) is 44.2 Å². The maximum Gasteiger partial charge on any atom is 0.261 e. The van der Waals surface area contributed by atoms with Gasteiger partial charge in [0.05, 0.1) is 4.90 Å². The lowest BCUT2D eigenvalue weighted by atomic mass is 10.1. The summed E-state index contributed by atoms with van der Waals surface area (Å²) in [5.41, 5.74) is 3.78. The molecule has 1 heterocycles. The van der Waals surface area contributed by atoms with Gasteiger partial charge >= 0.3 is 0 Å². The van der Waals surface area contributed by atoms with Crippen LogP contribution in [-0.2, 0) is 14.8 Å². The van der Waals surface area contributed by atoms with Crippen LogP contribution in [0.1, 0.15) is 11.1 Å². The van der Waals surface area contributed by atoms with Gasteiger partial charge in [0.1, 0.15) is 5.75 Å². The minimum Gasteiger partial charge on any atom is -0.484 e. The number of nitrogens with one attached hydrogen (secondary N) is 1. The van der Waals surface area contributed by atoms with Crippen LogP contribution in [0.3, 0.4) is 0 Å². The molecule has 0 spiro atoms. The Morgan fingerprint density at radius 2 is 1.60 bits per heavy atom. The highest BCUT2D eigenvalue weighted by molar-refractivity contribution is 7.92. The van der Waals surface area contributed by atoms with Gasteiger partial charge in [-0.15, -0.1) is 0 Å². The molecule has 0 aliphatic carbocycles. The predicted octanol–water partition coefficient (Wildman–Crippen LogP) is 4.49. The van der Waals surface area contributed by atoms with Gasteiger partial charge in [0.25, 0.3) is 15.9 Å². The Kier molecular flexibility index (Phi) is 7.52. The second kappa shape index (κ2) is 10.6. The van der Waals surface area contributed by atoms with Crippen molar-refractivity contribution in [1.29, 1.82) is 0 Å². The molecule has 0 aromatic heterocycles. The van der Waals surface area contributed by atoms with Crippen LogP contribution >= 0.6 is 11.6 Å². The average molecular weight is 514 g/mol. The van der Waals surface area contributed by atoms with Crippen molar-refractivity contribution in [3.8, 4) is 5.75 Å². The Hall–Kier alpha value is -3.23. The summed E-state index contributed by atoms with van der Waals surface area (Å²) in [6.45, 7) is 6.49. The fourth-order valence-electron chi connectivity index (χ4n) is 3.91. The first-order valence-corrected chi connectivity index (χ1v) is 13.2. The van der Waals surface area contributed by atoms with Crippen LogP contribution in [0.15, 0.2) is 71.6 Å². The van der Waals surface area contributed by atoms with Crippen molar-refractivity contribution in [3.63, 3.8) is 0 Å². The zero-order valence-corrected chi connectivity index (χ0v) is 21.3. The topological polar surface area (TPSA) is 78.9 Å². The van der Waals surface area contributed by atoms with E-state index in [0.717, 1.165) is 16.8 Å². The number of carbonyl (C=O) groups excluding carboxylic acids is 1. The van der Waals surface area contributed by atoms with E-state index in [9.17, 15) is 13.2 Å². The monoisotopic (exact) mass is 513 g/mol. The Balaban J connectivity index is 1.28. The third kappa shape index (κ3) is 6.26. The van der Waals surface area contributed by atoms with Crippen molar-refractivity contribution >= 4 is 38.9 Å². The number of carbonyl (C=O) groups is 1. The standard InChI is InChI=1S/C26H28ClN3O4S/c1-19-3-7-22(8-4-19)28-35(32,33)24-11-9-23(10-12-24)34-18-26(31)30-15-13-29(14-16-30)25-17-21(27)6-5-20(25)2/h3-12,17,28H,13-16,18H2,1-2H3. The number of sulfonamides is 1. The smallest absolute Gasteiger partial charge is 0.261 e. The molecule has 184 valence electrons. The van der Waals surface area contributed by atoms with E-state index in [0.29, 0.717) is 42.6 Å². The third-order valence-corrected chi connectivity index (χ3v) is 7.58. The minimum absolute atomic E-state index is 0.106. The van der Waals surface area contributed by atoms with Crippen LogP contribution in [-0.4, -0.2) is 52.0 Å². The molecule has 1 saturated heterocycles. The largest absolute Gasteiger partial charge is 0.484 e. The van der Waals surface area contributed by atoms with Crippen molar-refractivity contribution in [2.24, 2.45) is 0 Å². The third-order valence-electron chi connectivity index (χ3n) is 5.94. The fraction of sp³-hybridized carbons (Fsp3) is 0.269. The van der Waals surface area contributed by atoms with Crippen molar-refractivity contribution in [3.05, 3.63) is 82.9 Å².